The van der Waals surface area contributed by atoms with Gasteiger partial charge in [0.15, 0.2) is 5.76 Å². The van der Waals surface area contributed by atoms with Crippen LogP contribution < -0.4 is 10.9 Å². The van der Waals surface area contributed by atoms with Crippen LogP contribution in [0.25, 0.3) is 5.65 Å². The number of nitrogens with zero attached hydrogens (tertiary/aromatic N) is 2. The van der Waals surface area contributed by atoms with E-state index < -0.39 is 17.4 Å². The van der Waals surface area contributed by atoms with Crippen molar-refractivity contribution in [3.05, 3.63) is 64.6 Å². The van der Waals surface area contributed by atoms with Gasteiger partial charge in [0.1, 0.15) is 11.3 Å². The molecule has 0 aliphatic heterocycles. The van der Waals surface area contributed by atoms with Crippen molar-refractivity contribution >= 4 is 23.2 Å². The second-order valence-electron chi connectivity index (χ2n) is 4.55. The summed E-state index contributed by atoms with van der Waals surface area (Å²) in [6.45, 7) is 0. The Morgan fingerprint density at radius 2 is 2.13 bits per heavy atom. The zero-order chi connectivity index (χ0) is 16.4. The van der Waals surface area contributed by atoms with E-state index in [9.17, 15) is 14.4 Å². The highest BCUT2D eigenvalue weighted by molar-refractivity contribution is 6.02. The van der Waals surface area contributed by atoms with Gasteiger partial charge in [0, 0.05) is 6.20 Å². The van der Waals surface area contributed by atoms with Gasteiger partial charge in [-0.2, -0.15) is 0 Å². The van der Waals surface area contributed by atoms with Crippen LogP contribution in [0.2, 0.25) is 0 Å². The summed E-state index contributed by atoms with van der Waals surface area (Å²) in [6.07, 6.45) is 3.90. The lowest BCUT2D eigenvalue weighted by Gasteiger charge is -2.06. The Balaban J connectivity index is 2.02. The van der Waals surface area contributed by atoms with Crippen molar-refractivity contribution in [2.45, 2.75) is 0 Å². The zero-order valence-electron chi connectivity index (χ0n) is 12.0. The van der Waals surface area contributed by atoms with E-state index in [1.165, 1.54) is 44.0 Å². The Bertz CT molecular complexity index is 943. The predicted molar refractivity (Wildman–Crippen MR) is 79.5 cm³/mol. The number of furan rings is 1. The highest BCUT2D eigenvalue weighted by atomic mass is 16.5. The summed E-state index contributed by atoms with van der Waals surface area (Å²) in [5.74, 6) is -1.08. The first-order chi connectivity index (χ1) is 11.1. The molecule has 3 rings (SSSR count). The molecule has 0 atom stereocenters. The molecule has 3 aromatic heterocycles. The van der Waals surface area contributed by atoms with Gasteiger partial charge >= 0.3 is 5.97 Å². The number of rotatable bonds is 3. The molecule has 0 spiro atoms. The Labute approximate surface area is 129 Å². The minimum Gasteiger partial charge on any atom is -0.465 e. The van der Waals surface area contributed by atoms with E-state index in [0.717, 1.165) is 4.40 Å². The van der Waals surface area contributed by atoms with Crippen LogP contribution in [0, 0.1) is 0 Å². The third-order valence-corrected chi connectivity index (χ3v) is 3.12. The summed E-state index contributed by atoms with van der Waals surface area (Å²) in [5, 5.41) is 2.42. The van der Waals surface area contributed by atoms with Gasteiger partial charge in [0.25, 0.3) is 11.5 Å². The second-order valence-corrected chi connectivity index (χ2v) is 4.55. The third kappa shape index (κ3) is 2.69. The Morgan fingerprint density at radius 3 is 2.83 bits per heavy atom. The summed E-state index contributed by atoms with van der Waals surface area (Å²) in [5.41, 5.74) is -0.0383. The molecule has 0 saturated carbocycles. The maximum atomic E-state index is 12.4. The lowest BCUT2D eigenvalue weighted by molar-refractivity contribution is 0.0600. The van der Waals surface area contributed by atoms with Gasteiger partial charge in [-0.15, -0.1) is 0 Å². The molecule has 0 aliphatic carbocycles. The maximum Gasteiger partial charge on any atom is 0.339 e. The molecule has 0 saturated heterocycles. The first kappa shape index (κ1) is 14.5. The van der Waals surface area contributed by atoms with Gasteiger partial charge in [0.2, 0.25) is 0 Å². The van der Waals surface area contributed by atoms with Crippen molar-refractivity contribution in [1.29, 1.82) is 0 Å². The minimum atomic E-state index is -0.580. The van der Waals surface area contributed by atoms with Gasteiger partial charge in [-0.05, 0) is 24.3 Å². The largest absolute Gasteiger partial charge is 0.465 e. The fourth-order valence-corrected chi connectivity index (χ4v) is 1.99. The molecule has 1 N–H and O–H groups in total. The average molecular weight is 313 g/mol. The quantitative estimate of drug-likeness (QED) is 0.732. The van der Waals surface area contributed by atoms with E-state index in [2.05, 4.69) is 15.0 Å². The van der Waals surface area contributed by atoms with Crippen LogP contribution in [0.4, 0.5) is 5.69 Å². The summed E-state index contributed by atoms with van der Waals surface area (Å²) < 4.78 is 10.7. The number of nitrogens with one attached hydrogen (secondary N) is 1. The van der Waals surface area contributed by atoms with Crippen LogP contribution in [-0.2, 0) is 4.74 Å². The summed E-state index contributed by atoms with van der Waals surface area (Å²) in [7, 11) is 1.24. The van der Waals surface area contributed by atoms with Gasteiger partial charge in [-0.25, -0.2) is 9.78 Å². The van der Waals surface area contributed by atoms with E-state index in [-0.39, 0.29) is 17.0 Å². The lowest BCUT2D eigenvalue weighted by Crippen LogP contribution is -2.23. The number of carbonyl (C=O) groups excluding carboxylic acids is 2. The van der Waals surface area contributed by atoms with E-state index in [0.29, 0.717) is 5.65 Å². The van der Waals surface area contributed by atoms with Gasteiger partial charge in [0.05, 0.1) is 25.1 Å². The van der Waals surface area contributed by atoms with Crippen molar-refractivity contribution in [2.75, 3.05) is 12.4 Å². The van der Waals surface area contributed by atoms with Gasteiger partial charge in [-0.1, -0.05) is 0 Å². The number of pyridine rings is 1. The zero-order valence-corrected chi connectivity index (χ0v) is 12.0. The van der Waals surface area contributed by atoms with Crippen molar-refractivity contribution in [2.24, 2.45) is 0 Å². The first-order valence-electron chi connectivity index (χ1n) is 6.55. The molecule has 0 radical (unpaired) electrons. The van der Waals surface area contributed by atoms with Crippen molar-refractivity contribution in [1.82, 2.24) is 9.38 Å². The Morgan fingerprint density at radius 1 is 1.30 bits per heavy atom. The van der Waals surface area contributed by atoms with Crippen LogP contribution in [0.3, 0.4) is 0 Å². The number of hydrogen-bond acceptors (Lipinski definition) is 6. The SMILES string of the molecule is COC(=O)c1ccc2ncc(NC(=O)c3ccco3)c(=O)n2c1. The van der Waals surface area contributed by atoms with Gasteiger partial charge in [-0.3, -0.25) is 14.0 Å². The molecule has 3 heterocycles. The number of hydrogen-bond donors (Lipinski definition) is 1. The number of amides is 1. The molecule has 3 aromatic rings. The molecule has 8 heteroatoms. The number of aromatic nitrogens is 2. The number of esters is 1. The fourth-order valence-electron chi connectivity index (χ4n) is 1.99. The van der Waals surface area contributed by atoms with Gasteiger partial charge < -0.3 is 14.5 Å². The maximum absolute atomic E-state index is 12.4. The molecule has 0 aliphatic rings. The summed E-state index contributed by atoms with van der Waals surface area (Å²) >= 11 is 0. The Hall–Kier alpha value is -3.42. The van der Waals surface area contributed by atoms with Crippen LogP contribution in [0.5, 0.6) is 0 Å². The molecule has 23 heavy (non-hydrogen) atoms. The lowest BCUT2D eigenvalue weighted by atomic mass is 10.3. The fraction of sp³-hybridized carbons (Fsp3) is 0.0667. The standard InChI is InChI=1S/C15H11N3O5/c1-22-15(21)9-4-5-12-16-7-10(14(20)18(12)8-9)17-13(19)11-3-2-6-23-11/h2-8H,1H3,(H,17,19). The number of carbonyl (C=O) groups is 2. The molecule has 0 aromatic carbocycles. The molecule has 0 fully saturated rings. The number of ether oxygens (including phenoxy) is 1. The predicted octanol–water partition coefficient (Wildman–Crippen LogP) is 1.33. The normalized spacial score (nSPS) is 10.5. The third-order valence-electron chi connectivity index (χ3n) is 3.12. The molecule has 0 unspecified atom stereocenters. The monoisotopic (exact) mass is 313 g/mol. The van der Waals surface area contributed by atoms with Crippen LogP contribution >= 0.6 is 0 Å². The molecular formula is C15H11N3O5. The molecule has 8 nitrogen and oxygen atoms in total. The topological polar surface area (TPSA) is 103 Å². The summed E-state index contributed by atoms with van der Waals surface area (Å²) in [6, 6.07) is 6.03. The Kier molecular flexibility index (Phi) is 3.63. The van der Waals surface area contributed by atoms with Crippen LogP contribution in [0.15, 0.2) is 52.1 Å². The first-order valence-corrected chi connectivity index (χ1v) is 6.55. The average Bonchev–Trinajstić information content (AvgIpc) is 3.11. The van der Waals surface area contributed by atoms with E-state index in [1.807, 2.05) is 0 Å². The van der Waals surface area contributed by atoms with Crippen molar-refractivity contribution < 1.29 is 18.7 Å². The number of anilines is 1. The number of methoxy groups -OCH3 is 1. The molecular weight excluding hydrogens is 302 g/mol. The van der Waals surface area contributed by atoms with E-state index >= 15 is 0 Å². The van der Waals surface area contributed by atoms with Crippen LogP contribution in [-0.4, -0.2) is 28.4 Å². The van der Waals surface area contributed by atoms with Crippen LogP contribution in [0.1, 0.15) is 20.9 Å². The van der Waals surface area contributed by atoms with E-state index in [1.54, 1.807) is 6.07 Å². The number of fused-ring (bicyclic) bond motifs is 1. The highest BCUT2D eigenvalue weighted by Crippen LogP contribution is 2.08. The summed E-state index contributed by atoms with van der Waals surface area (Å²) in [4.78, 5) is 40.0. The highest BCUT2D eigenvalue weighted by Gasteiger charge is 2.14. The molecule has 0 bridgehead atoms. The van der Waals surface area contributed by atoms with Crippen molar-refractivity contribution in [3.8, 4) is 0 Å². The molecule has 116 valence electrons. The van der Waals surface area contributed by atoms with Crippen molar-refractivity contribution in [3.63, 3.8) is 0 Å². The smallest absolute Gasteiger partial charge is 0.339 e. The van der Waals surface area contributed by atoms with E-state index in [4.69, 9.17) is 4.42 Å². The minimum absolute atomic E-state index is 0.0362. The molecule has 1 amide bonds. The second kappa shape index (κ2) is 5.76.